The van der Waals surface area contributed by atoms with E-state index in [4.69, 9.17) is 10.5 Å². The van der Waals surface area contributed by atoms with Crippen molar-refractivity contribution in [3.63, 3.8) is 0 Å². The Hall–Kier alpha value is -2.28. The Morgan fingerprint density at radius 2 is 2.00 bits per heavy atom. The Kier molecular flexibility index (Phi) is 4.72. The van der Waals surface area contributed by atoms with Gasteiger partial charge in [0.05, 0.1) is 24.8 Å². The molecule has 2 heterocycles. The minimum atomic E-state index is -0.876. The van der Waals surface area contributed by atoms with Crippen LogP contribution in [0.5, 0.6) is 0 Å². The van der Waals surface area contributed by atoms with Gasteiger partial charge in [-0.05, 0) is 35.2 Å². The summed E-state index contributed by atoms with van der Waals surface area (Å²) in [6.07, 6.45) is 0.367. The lowest BCUT2D eigenvalue weighted by Crippen LogP contribution is -2.47. The van der Waals surface area contributed by atoms with E-state index in [2.05, 4.69) is 6.07 Å². The number of aliphatic hydroxyl groups excluding tert-OH is 1. The number of hydrogen-bond donors (Lipinski definition) is 2. The van der Waals surface area contributed by atoms with Gasteiger partial charge in [-0.2, -0.15) is 0 Å². The highest BCUT2D eigenvalue weighted by Crippen LogP contribution is 2.37. The Morgan fingerprint density at radius 3 is 2.70 bits per heavy atom. The Morgan fingerprint density at radius 1 is 1.26 bits per heavy atom. The van der Waals surface area contributed by atoms with Crippen LogP contribution in [0.2, 0.25) is 0 Å². The highest BCUT2D eigenvalue weighted by Gasteiger charge is 2.43. The molecule has 3 atom stereocenters. The normalized spacial score (nSPS) is 27.4. The molecule has 4 rings (SSSR count). The first kappa shape index (κ1) is 18.1. The van der Waals surface area contributed by atoms with E-state index in [9.17, 15) is 14.3 Å². The SMILES string of the molecule is N[C@]1(CO)CO[C@H](C(=O)N2CCc3ccccc3[C@@H]2c2ccc(F)cc2)C1. The summed E-state index contributed by atoms with van der Waals surface area (Å²) in [5.74, 6) is -0.449. The lowest BCUT2D eigenvalue weighted by atomic mass is 9.87. The zero-order valence-corrected chi connectivity index (χ0v) is 15.0. The summed E-state index contributed by atoms with van der Waals surface area (Å²) in [5, 5.41) is 9.46. The van der Waals surface area contributed by atoms with Gasteiger partial charge < -0.3 is 20.5 Å². The topological polar surface area (TPSA) is 75.8 Å². The van der Waals surface area contributed by atoms with Crippen LogP contribution < -0.4 is 5.73 Å². The number of halogens is 1. The first-order valence-electron chi connectivity index (χ1n) is 9.16. The van der Waals surface area contributed by atoms with Gasteiger partial charge in [0.25, 0.3) is 5.91 Å². The number of rotatable bonds is 3. The fourth-order valence-electron chi connectivity index (χ4n) is 4.02. The molecular weight excluding hydrogens is 347 g/mol. The summed E-state index contributed by atoms with van der Waals surface area (Å²) in [4.78, 5) is 15.0. The second-order valence-electron chi connectivity index (χ2n) is 7.46. The van der Waals surface area contributed by atoms with Crippen molar-refractivity contribution in [1.82, 2.24) is 4.90 Å². The first-order chi connectivity index (χ1) is 13.0. The maximum atomic E-state index is 13.4. The predicted octanol–water partition coefficient (Wildman–Crippen LogP) is 1.78. The number of carbonyl (C=O) groups excluding carboxylic acids is 1. The van der Waals surface area contributed by atoms with Crippen molar-refractivity contribution in [1.29, 1.82) is 0 Å². The molecule has 5 nitrogen and oxygen atoms in total. The Labute approximate surface area is 157 Å². The third-order valence-corrected chi connectivity index (χ3v) is 5.51. The van der Waals surface area contributed by atoms with Gasteiger partial charge >= 0.3 is 0 Å². The summed E-state index contributed by atoms with van der Waals surface area (Å²) in [7, 11) is 0. The van der Waals surface area contributed by atoms with E-state index in [1.165, 1.54) is 17.7 Å². The number of carbonyl (C=O) groups is 1. The molecule has 1 saturated heterocycles. The van der Waals surface area contributed by atoms with Crippen LogP contribution in [0, 0.1) is 5.82 Å². The lowest BCUT2D eigenvalue weighted by Gasteiger charge is -2.39. The number of fused-ring (bicyclic) bond motifs is 1. The van der Waals surface area contributed by atoms with Crippen LogP contribution in [-0.4, -0.2) is 47.3 Å². The van der Waals surface area contributed by atoms with Gasteiger partial charge in [0.1, 0.15) is 11.9 Å². The smallest absolute Gasteiger partial charge is 0.252 e. The van der Waals surface area contributed by atoms with Gasteiger partial charge in [-0.3, -0.25) is 4.79 Å². The Bertz CT molecular complexity index is 842. The second kappa shape index (κ2) is 7.03. The van der Waals surface area contributed by atoms with Crippen molar-refractivity contribution in [2.45, 2.75) is 30.5 Å². The minimum absolute atomic E-state index is 0.139. The summed E-state index contributed by atoms with van der Waals surface area (Å²) < 4.78 is 19.1. The van der Waals surface area contributed by atoms with Crippen molar-refractivity contribution < 1.29 is 19.0 Å². The van der Waals surface area contributed by atoms with Gasteiger partial charge in [0.2, 0.25) is 0 Å². The third kappa shape index (κ3) is 3.36. The highest BCUT2D eigenvalue weighted by atomic mass is 19.1. The number of amides is 1. The average Bonchev–Trinajstić information content (AvgIpc) is 3.10. The van der Waals surface area contributed by atoms with Crippen molar-refractivity contribution in [3.8, 4) is 0 Å². The minimum Gasteiger partial charge on any atom is -0.394 e. The Balaban J connectivity index is 1.69. The summed E-state index contributed by atoms with van der Waals surface area (Å²) in [5.41, 5.74) is 8.28. The van der Waals surface area contributed by atoms with E-state index >= 15 is 0 Å². The molecule has 0 bridgehead atoms. The molecule has 6 heteroatoms. The van der Waals surface area contributed by atoms with E-state index in [1.807, 2.05) is 18.2 Å². The molecule has 0 aliphatic carbocycles. The second-order valence-corrected chi connectivity index (χ2v) is 7.46. The molecule has 2 aliphatic heterocycles. The molecule has 3 N–H and O–H groups in total. The molecule has 0 spiro atoms. The summed E-state index contributed by atoms with van der Waals surface area (Å²) in [6.45, 7) is 0.487. The van der Waals surface area contributed by atoms with E-state index < -0.39 is 11.6 Å². The number of ether oxygens (including phenoxy) is 1. The van der Waals surface area contributed by atoms with Crippen molar-refractivity contribution >= 4 is 5.91 Å². The molecule has 0 saturated carbocycles. The van der Waals surface area contributed by atoms with Crippen LogP contribution in [0.25, 0.3) is 0 Å². The van der Waals surface area contributed by atoms with Gasteiger partial charge in [-0.1, -0.05) is 36.4 Å². The monoisotopic (exact) mass is 370 g/mol. The van der Waals surface area contributed by atoms with E-state index in [-0.39, 0.29) is 37.4 Å². The summed E-state index contributed by atoms with van der Waals surface area (Å²) >= 11 is 0. The molecule has 2 aromatic rings. The van der Waals surface area contributed by atoms with Gasteiger partial charge in [0.15, 0.2) is 0 Å². The summed E-state index contributed by atoms with van der Waals surface area (Å²) in [6, 6.07) is 14.0. The van der Waals surface area contributed by atoms with E-state index in [0.717, 1.165) is 17.5 Å². The maximum Gasteiger partial charge on any atom is 0.252 e. The van der Waals surface area contributed by atoms with Crippen LogP contribution in [0.1, 0.15) is 29.2 Å². The standard InChI is InChI=1S/C21H23FN2O3/c22-16-7-5-15(6-8-16)19-17-4-2-1-3-14(17)9-10-24(19)20(26)18-11-21(23,12-25)13-27-18/h1-8,18-19,25H,9-13,23H2/t18-,19-,21+/m0/s1. The zero-order valence-electron chi connectivity index (χ0n) is 15.0. The highest BCUT2D eigenvalue weighted by molar-refractivity contribution is 5.82. The molecule has 2 aliphatic rings. The fourth-order valence-corrected chi connectivity index (χ4v) is 4.02. The molecule has 0 unspecified atom stereocenters. The van der Waals surface area contributed by atoms with Crippen LogP contribution >= 0.6 is 0 Å². The largest absolute Gasteiger partial charge is 0.394 e. The molecular formula is C21H23FN2O3. The van der Waals surface area contributed by atoms with Crippen LogP contribution in [-0.2, 0) is 16.0 Å². The van der Waals surface area contributed by atoms with Gasteiger partial charge in [-0.15, -0.1) is 0 Å². The molecule has 1 amide bonds. The fraction of sp³-hybridized carbons (Fsp3) is 0.381. The van der Waals surface area contributed by atoms with Gasteiger partial charge in [-0.25, -0.2) is 4.39 Å². The van der Waals surface area contributed by atoms with Crippen LogP contribution in [0.3, 0.4) is 0 Å². The molecule has 0 radical (unpaired) electrons. The van der Waals surface area contributed by atoms with Crippen LogP contribution in [0.15, 0.2) is 48.5 Å². The van der Waals surface area contributed by atoms with Crippen molar-refractivity contribution in [2.75, 3.05) is 19.8 Å². The predicted molar refractivity (Wildman–Crippen MR) is 98.5 cm³/mol. The number of aliphatic hydroxyl groups is 1. The number of nitrogens with two attached hydrogens (primary N) is 1. The molecule has 27 heavy (non-hydrogen) atoms. The number of benzene rings is 2. The van der Waals surface area contributed by atoms with Crippen molar-refractivity contribution in [3.05, 3.63) is 71.0 Å². The molecule has 0 aromatic heterocycles. The van der Waals surface area contributed by atoms with E-state index in [1.54, 1.807) is 17.0 Å². The first-order valence-corrected chi connectivity index (χ1v) is 9.16. The third-order valence-electron chi connectivity index (χ3n) is 5.51. The maximum absolute atomic E-state index is 13.4. The average molecular weight is 370 g/mol. The quantitative estimate of drug-likeness (QED) is 0.864. The number of nitrogens with zero attached hydrogens (tertiary/aromatic N) is 1. The zero-order chi connectivity index (χ0) is 19.0. The molecule has 2 aromatic carbocycles. The van der Waals surface area contributed by atoms with E-state index in [0.29, 0.717) is 6.54 Å². The lowest BCUT2D eigenvalue weighted by molar-refractivity contribution is -0.143. The van der Waals surface area contributed by atoms with Crippen molar-refractivity contribution in [2.24, 2.45) is 5.73 Å². The van der Waals surface area contributed by atoms with Gasteiger partial charge in [0, 0.05) is 13.0 Å². The molecule has 142 valence electrons. The number of hydrogen-bond acceptors (Lipinski definition) is 4. The van der Waals surface area contributed by atoms with Crippen LogP contribution in [0.4, 0.5) is 4.39 Å². The molecule has 1 fully saturated rings.